The second-order valence-electron chi connectivity index (χ2n) is 8.29. The number of carbonyl (C=O) groups excluding carboxylic acids is 1. The van der Waals surface area contributed by atoms with Gasteiger partial charge < -0.3 is 4.90 Å². The highest BCUT2D eigenvalue weighted by Gasteiger charge is 2.48. The van der Waals surface area contributed by atoms with Crippen molar-refractivity contribution in [2.75, 3.05) is 18.5 Å². The van der Waals surface area contributed by atoms with E-state index in [-0.39, 0.29) is 23.9 Å². The van der Waals surface area contributed by atoms with Gasteiger partial charge in [0.1, 0.15) is 0 Å². The first-order valence-corrected chi connectivity index (χ1v) is 11.7. The van der Waals surface area contributed by atoms with Crippen LogP contribution in [0.5, 0.6) is 0 Å². The minimum atomic E-state index is -3.82. The summed E-state index contributed by atoms with van der Waals surface area (Å²) in [6.07, 6.45) is 0. The van der Waals surface area contributed by atoms with Crippen molar-refractivity contribution in [3.05, 3.63) is 95.6 Å². The monoisotopic (exact) mass is 434 g/mol. The van der Waals surface area contributed by atoms with Gasteiger partial charge in [-0.15, -0.1) is 0 Å². The lowest BCUT2D eigenvalue weighted by molar-refractivity contribution is -0.122. The summed E-state index contributed by atoms with van der Waals surface area (Å²) in [4.78, 5) is 15.1. The van der Waals surface area contributed by atoms with Gasteiger partial charge in [-0.2, -0.15) is 4.31 Å². The quantitative estimate of drug-likeness (QED) is 0.586. The van der Waals surface area contributed by atoms with Gasteiger partial charge in [0, 0.05) is 25.8 Å². The molecule has 0 saturated heterocycles. The number of carbonyl (C=O) groups is 1. The maximum absolute atomic E-state index is 13.7. The fourth-order valence-corrected chi connectivity index (χ4v) is 5.73. The van der Waals surface area contributed by atoms with Crippen LogP contribution in [0.3, 0.4) is 0 Å². The lowest BCUT2D eigenvalue weighted by Crippen LogP contribution is -2.47. The fraction of sp³-hybridized carbons (Fsp3) is 0.240. The molecule has 1 aliphatic rings. The number of sulfonamides is 1. The number of nitrogens with zero attached hydrogens (tertiary/aromatic N) is 2. The van der Waals surface area contributed by atoms with Gasteiger partial charge in [0.05, 0.1) is 10.3 Å². The maximum atomic E-state index is 13.7. The zero-order chi connectivity index (χ0) is 22.2. The van der Waals surface area contributed by atoms with Gasteiger partial charge in [-0.3, -0.25) is 4.79 Å². The van der Waals surface area contributed by atoms with E-state index in [0.717, 1.165) is 22.4 Å². The zero-order valence-corrected chi connectivity index (χ0v) is 18.8. The van der Waals surface area contributed by atoms with Gasteiger partial charge in [0.25, 0.3) is 0 Å². The molecule has 1 atom stereocenters. The van der Waals surface area contributed by atoms with E-state index in [9.17, 15) is 13.2 Å². The molecule has 0 aromatic heterocycles. The Morgan fingerprint density at radius 1 is 0.903 bits per heavy atom. The molecule has 0 aliphatic carbocycles. The number of hydrogen-bond donors (Lipinski definition) is 0. The molecule has 0 N–H and O–H groups in total. The van der Waals surface area contributed by atoms with Crippen LogP contribution in [0, 0.1) is 6.92 Å². The molecule has 3 aromatic rings. The molecule has 1 heterocycles. The molecule has 1 aliphatic heterocycles. The molecular weight excluding hydrogens is 408 g/mol. The Kier molecular flexibility index (Phi) is 5.45. The van der Waals surface area contributed by atoms with Gasteiger partial charge in [-0.25, -0.2) is 8.42 Å². The Morgan fingerprint density at radius 3 is 2.19 bits per heavy atom. The van der Waals surface area contributed by atoms with E-state index in [1.807, 2.05) is 68.4 Å². The van der Waals surface area contributed by atoms with Crippen molar-refractivity contribution in [2.45, 2.75) is 30.7 Å². The minimum absolute atomic E-state index is 0.0539. The lowest BCUT2D eigenvalue weighted by Gasteiger charge is -2.31. The van der Waals surface area contributed by atoms with Crippen LogP contribution in [0.25, 0.3) is 0 Å². The Labute approximate surface area is 184 Å². The molecule has 4 rings (SSSR count). The summed E-state index contributed by atoms with van der Waals surface area (Å²) in [6, 6.07) is 23.9. The van der Waals surface area contributed by atoms with Crippen LogP contribution < -0.4 is 4.90 Å². The van der Waals surface area contributed by atoms with E-state index in [0.29, 0.717) is 0 Å². The number of anilines is 1. The van der Waals surface area contributed by atoms with Gasteiger partial charge in [0.2, 0.25) is 15.9 Å². The topological polar surface area (TPSA) is 57.7 Å². The second kappa shape index (κ2) is 7.94. The maximum Gasteiger partial charge on any atom is 0.243 e. The van der Waals surface area contributed by atoms with Gasteiger partial charge in [-0.05, 0) is 43.2 Å². The van der Waals surface area contributed by atoms with Crippen LogP contribution in [0.1, 0.15) is 23.6 Å². The molecule has 31 heavy (non-hydrogen) atoms. The van der Waals surface area contributed by atoms with Crippen molar-refractivity contribution in [1.82, 2.24) is 4.31 Å². The fourth-order valence-electron chi connectivity index (χ4n) is 4.21. The van der Waals surface area contributed by atoms with Crippen LogP contribution in [0.15, 0.2) is 83.8 Å². The molecule has 3 aromatic carbocycles. The van der Waals surface area contributed by atoms with Crippen LogP contribution in [0.2, 0.25) is 0 Å². The van der Waals surface area contributed by atoms with Crippen molar-refractivity contribution < 1.29 is 13.2 Å². The third kappa shape index (κ3) is 3.77. The highest BCUT2D eigenvalue weighted by molar-refractivity contribution is 7.89. The van der Waals surface area contributed by atoms with Crippen molar-refractivity contribution in [3.63, 3.8) is 0 Å². The van der Waals surface area contributed by atoms with Crippen molar-refractivity contribution in [2.24, 2.45) is 0 Å². The highest BCUT2D eigenvalue weighted by atomic mass is 32.2. The van der Waals surface area contributed by atoms with E-state index in [1.165, 1.54) is 4.31 Å². The van der Waals surface area contributed by atoms with Crippen LogP contribution in [-0.4, -0.2) is 32.2 Å². The molecule has 5 nitrogen and oxygen atoms in total. The van der Waals surface area contributed by atoms with Gasteiger partial charge in [0.15, 0.2) is 0 Å². The predicted octanol–water partition coefficient (Wildman–Crippen LogP) is 4.12. The summed E-state index contributed by atoms with van der Waals surface area (Å²) in [5, 5.41) is 0. The van der Waals surface area contributed by atoms with Gasteiger partial charge in [-0.1, -0.05) is 66.2 Å². The van der Waals surface area contributed by atoms with Crippen molar-refractivity contribution in [1.29, 1.82) is 0 Å². The average Bonchev–Trinajstić information content (AvgIpc) is 2.96. The first kappa shape index (κ1) is 21.3. The molecule has 1 amide bonds. The molecule has 6 heteroatoms. The summed E-state index contributed by atoms with van der Waals surface area (Å²) in [6.45, 7) is 3.99. The van der Waals surface area contributed by atoms with Crippen LogP contribution >= 0.6 is 0 Å². The number of aryl methyl sites for hydroxylation is 1. The number of hydrogen-bond acceptors (Lipinski definition) is 3. The molecule has 0 unspecified atom stereocenters. The lowest BCUT2D eigenvalue weighted by atomic mass is 9.83. The molecule has 0 radical (unpaired) electrons. The van der Waals surface area contributed by atoms with E-state index < -0.39 is 15.4 Å². The summed E-state index contributed by atoms with van der Waals surface area (Å²) in [5.41, 5.74) is 2.55. The van der Waals surface area contributed by atoms with E-state index >= 15 is 0 Å². The number of amides is 1. The Balaban J connectivity index is 1.78. The largest absolute Gasteiger partial charge is 0.314 e. The third-order valence-corrected chi connectivity index (χ3v) is 7.80. The first-order valence-electron chi connectivity index (χ1n) is 10.2. The SMILES string of the molecule is Cc1ccc(S(=O)(=O)N(Cc2ccccc2)C[C@]2(C)C(=O)N(C)c3ccccc32)cc1. The summed E-state index contributed by atoms with van der Waals surface area (Å²) in [5.74, 6) is -0.106. The Morgan fingerprint density at radius 2 is 1.52 bits per heavy atom. The minimum Gasteiger partial charge on any atom is -0.314 e. The Bertz CT molecular complexity index is 1210. The molecule has 0 spiro atoms. The van der Waals surface area contributed by atoms with E-state index in [4.69, 9.17) is 0 Å². The normalized spacial score (nSPS) is 18.5. The summed E-state index contributed by atoms with van der Waals surface area (Å²) in [7, 11) is -2.08. The first-order chi connectivity index (χ1) is 14.7. The standard InChI is InChI=1S/C25H26N2O3S/c1-19-13-15-21(16-14-19)31(29,30)27(17-20-9-5-4-6-10-20)18-25(2)22-11-7-8-12-23(22)26(3)24(25)28/h4-16H,17-18H2,1-3H3/t25-/m0/s1. The number of benzene rings is 3. The molecule has 160 valence electrons. The number of rotatable bonds is 6. The smallest absolute Gasteiger partial charge is 0.243 e. The molecular formula is C25H26N2O3S. The third-order valence-electron chi connectivity index (χ3n) is 5.99. The van der Waals surface area contributed by atoms with Crippen molar-refractivity contribution in [3.8, 4) is 0 Å². The molecule has 0 saturated carbocycles. The predicted molar refractivity (Wildman–Crippen MR) is 122 cm³/mol. The zero-order valence-electron chi connectivity index (χ0n) is 17.9. The van der Waals surface area contributed by atoms with E-state index in [1.54, 1.807) is 36.2 Å². The number of para-hydroxylation sites is 1. The number of fused-ring (bicyclic) bond motifs is 1. The Hall–Kier alpha value is -2.96. The second-order valence-corrected chi connectivity index (χ2v) is 10.2. The van der Waals surface area contributed by atoms with Crippen molar-refractivity contribution >= 4 is 21.6 Å². The highest BCUT2D eigenvalue weighted by Crippen LogP contribution is 2.42. The summed E-state index contributed by atoms with van der Waals surface area (Å²) < 4.78 is 28.8. The molecule has 0 bridgehead atoms. The molecule has 0 fully saturated rings. The average molecular weight is 435 g/mol. The van der Waals surface area contributed by atoms with E-state index in [2.05, 4.69) is 0 Å². The van der Waals surface area contributed by atoms with Crippen LogP contribution in [0.4, 0.5) is 5.69 Å². The summed E-state index contributed by atoms with van der Waals surface area (Å²) >= 11 is 0. The number of likely N-dealkylation sites (N-methyl/N-ethyl adjacent to an activating group) is 1. The van der Waals surface area contributed by atoms with Crippen LogP contribution in [-0.2, 0) is 26.8 Å². The van der Waals surface area contributed by atoms with Gasteiger partial charge >= 0.3 is 0 Å².